The molecule has 1 saturated heterocycles. The van der Waals surface area contributed by atoms with Gasteiger partial charge < -0.3 is 19.6 Å². The Balaban J connectivity index is 1.68. The predicted octanol–water partition coefficient (Wildman–Crippen LogP) is 1.66. The number of para-hydroxylation sites is 1. The van der Waals surface area contributed by atoms with Crippen molar-refractivity contribution in [2.75, 3.05) is 37.7 Å². The van der Waals surface area contributed by atoms with Gasteiger partial charge in [0.25, 0.3) is 0 Å². The highest BCUT2D eigenvalue weighted by Gasteiger charge is 2.36. The first kappa shape index (κ1) is 16.3. The van der Waals surface area contributed by atoms with Crippen LogP contribution in [0.5, 0.6) is 0 Å². The van der Waals surface area contributed by atoms with Crippen LogP contribution in [0.1, 0.15) is 25.7 Å². The van der Waals surface area contributed by atoms with Crippen LogP contribution in [-0.4, -0.2) is 60.9 Å². The maximum atomic E-state index is 12.9. The molecule has 0 bridgehead atoms. The lowest BCUT2D eigenvalue weighted by atomic mass is 9.90. The Morgan fingerprint density at radius 3 is 2.83 bits per heavy atom. The molecule has 3 rings (SSSR count). The summed E-state index contributed by atoms with van der Waals surface area (Å²) < 4.78 is 5.85. The van der Waals surface area contributed by atoms with Gasteiger partial charge >= 0.3 is 0 Å². The van der Waals surface area contributed by atoms with Gasteiger partial charge in [-0.1, -0.05) is 31.0 Å². The molecule has 0 spiro atoms. The van der Waals surface area contributed by atoms with Crippen molar-refractivity contribution in [2.45, 2.75) is 37.8 Å². The number of fused-ring (bicyclic) bond motifs is 1. The number of carbonyl (C=O) groups excluding carboxylic acids is 1. The number of hydrogen-bond acceptors (Lipinski definition) is 4. The smallest absolute Gasteiger partial charge is 0.242 e. The first-order chi connectivity index (χ1) is 11.3. The van der Waals surface area contributed by atoms with E-state index >= 15 is 0 Å². The van der Waals surface area contributed by atoms with Crippen LogP contribution in [0.2, 0.25) is 0 Å². The molecular formula is C18H26N2O3. The number of carbonyl (C=O) groups is 1. The largest absolute Gasteiger partial charge is 0.395 e. The number of ether oxygens (including phenoxy) is 1. The van der Waals surface area contributed by atoms with Gasteiger partial charge in [-0.15, -0.1) is 0 Å². The molecule has 2 aliphatic rings. The zero-order chi connectivity index (χ0) is 16.1. The van der Waals surface area contributed by atoms with E-state index in [9.17, 15) is 9.90 Å². The zero-order valence-corrected chi connectivity index (χ0v) is 13.6. The van der Waals surface area contributed by atoms with Crippen LogP contribution in [0.15, 0.2) is 30.3 Å². The van der Waals surface area contributed by atoms with Crippen LogP contribution in [-0.2, 0) is 9.53 Å². The summed E-state index contributed by atoms with van der Waals surface area (Å²) in [5.41, 5.74) is 0.975. The topological polar surface area (TPSA) is 53.0 Å². The van der Waals surface area contributed by atoms with Crippen molar-refractivity contribution < 1.29 is 14.6 Å². The summed E-state index contributed by atoms with van der Waals surface area (Å²) in [5, 5.41) is 9.32. The van der Waals surface area contributed by atoms with Crippen LogP contribution in [0.25, 0.3) is 0 Å². The van der Waals surface area contributed by atoms with Crippen molar-refractivity contribution in [2.24, 2.45) is 0 Å². The van der Waals surface area contributed by atoms with Crippen molar-refractivity contribution in [3.8, 4) is 0 Å². The molecule has 1 aromatic carbocycles. The number of rotatable bonds is 5. The first-order valence-electron chi connectivity index (χ1n) is 8.61. The number of morpholine rings is 1. The SMILES string of the molecule is O=C(CN(CCO)c1ccccc1)N1CCOC2CCCCC21. The summed E-state index contributed by atoms with van der Waals surface area (Å²) in [5.74, 6) is 0.141. The summed E-state index contributed by atoms with van der Waals surface area (Å²) in [7, 11) is 0. The molecule has 0 radical (unpaired) electrons. The van der Waals surface area contributed by atoms with Gasteiger partial charge in [0.05, 0.1) is 31.9 Å². The quantitative estimate of drug-likeness (QED) is 0.897. The molecule has 1 aromatic rings. The van der Waals surface area contributed by atoms with E-state index in [2.05, 4.69) is 0 Å². The summed E-state index contributed by atoms with van der Waals surface area (Å²) in [6.45, 7) is 2.14. The van der Waals surface area contributed by atoms with E-state index in [4.69, 9.17) is 4.74 Å². The van der Waals surface area contributed by atoms with Crippen molar-refractivity contribution in [3.05, 3.63) is 30.3 Å². The number of aliphatic hydroxyl groups is 1. The van der Waals surface area contributed by atoms with Crippen molar-refractivity contribution in [3.63, 3.8) is 0 Å². The van der Waals surface area contributed by atoms with Crippen molar-refractivity contribution >= 4 is 11.6 Å². The van der Waals surface area contributed by atoms with E-state index in [0.717, 1.165) is 18.5 Å². The van der Waals surface area contributed by atoms with Gasteiger partial charge in [-0.3, -0.25) is 4.79 Å². The minimum absolute atomic E-state index is 0.0390. The Morgan fingerprint density at radius 1 is 1.26 bits per heavy atom. The third kappa shape index (κ3) is 3.85. The minimum Gasteiger partial charge on any atom is -0.395 e. The van der Waals surface area contributed by atoms with Crippen LogP contribution < -0.4 is 4.90 Å². The van der Waals surface area contributed by atoms with Gasteiger partial charge in [-0.05, 0) is 25.0 Å². The van der Waals surface area contributed by atoms with Gasteiger partial charge in [0.15, 0.2) is 0 Å². The molecule has 5 heteroatoms. The lowest BCUT2D eigenvalue weighted by Crippen LogP contribution is -2.57. The van der Waals surface area contributed by atoms with Gasteiger partial charge in [-0.25, -0.2) is 0 Å². The maximum absolute atomic E-state index is 12.9. The molecule has 0 aromatic heterocycles. The second-order valence-corrected chi connectivity index (χ2v) is 6.33. The van der Waals surface area contributed by atoms with Crippen LogP contribution in [0.4, 0.5) is 5.69 Å². The van der Waals surface area contributed by atoms with Crippen LogP contribution in [0, 0.1) is 0 Å². The lowest BCUT2D eigenvalue weighted by molar-refractivity contribution is -0.148. The molecule has 23 heavy (non-hydrogen) atoms. The molecule has 2 unspecified atom stereocenters. The van der Waals surface area contributed by atoms with E-state index in [0.29, 0.717) is 26.2 Å². The zero-order valence-electron chi connectivity index (χ0n) is 13.6. The molecule has 5 nitrogen and oxygen atoms in total. The Kier molecular flexibility index (Phi) is 5.51. The number of nitrogens with zero attached hydrogens (tertiary/aromatic N) is 2. The highest BCUT2D eigenvalue weighted by Crippen LogP contribution is 2.28. The summed E-state index contributed by atoms with van der Waals surface area (Å²) >= 11 is 0. The second kappa shape index (κ2) is 7.79. The highest BCUT2D eigenvalue weighted by molar-refractivity contribution is 5.82. The molecule has 1 amide bonds. The fourth-order valence-corrected chi connectivity index (χ4v) is 3.72. The molecular weight excluding hydrogens is 292 g/mol. The highest BCUT2D eigenvalue weighted by atomic mass is 16.5. The lowest BCUT2D eigenvalue weighted by Gasteiger charge is -2.44. The third-order valence-electron chi connectivity index (χ3n) is 4.87. The minimum atomic E-state index is 0.0390. The predicted molar refractivity (Wildman–Crippen MR) is 89.4 cm³/mol. The van der Waals surface area contributed by atoms with E-state index in [1.165, 1.54) is 12.8 Å². The Hall–Kier alpha value is -1.59. The average molecular weight is 318 g/mol. The normalized spacial score (nSPS) is 24.1. The van der Waals surface area contributed by atoms with E-state index in [1.54, 1.807) is 0 Å². The maximum Gasteiger partial charge on any atom is 0.242 e. The second-order valence-electron chi connectivity index (χ2n) is 6.33. The summed E-state index contributed by atoms with van der Waals surface area (Å²) in [4.78, 5) is 16.8. The molecule has 1 N–H and O–H groups in total. The molecule has 1 heterocycles. The van der Waals surface area contributed by atoms with Gasteiger partial charge in [0.2, 0.25) is 5.91 Å². The van der Waals surface area contributed by atoms with E-state index < -0.39 is 0 Å². The fraction of sp³-hybridized carbons (Fsp3) is 0.611. The van der Waals surface area contributed by atoms with E-state index in [-0.39, 0.29) is 24.7 Å². The Labute approximate surface area is 137 Å². The monoisotopic (exact) mass is 318 g/mol. The van der Waals surface area contributed by atoms with Crippen molar-refractivity contribution in [1.82, 2.24) is 4.90 Å². The number of aliphatic hydroxyl groups excluding tert-OH is 1. The first-order valence-corrected chi connectivity index (χ1v) is 8.61. The Morgan fingerprint density at radius 2 is 2.04 bits per heavy atom. The standard InChI is InChI=1S/C18H26N2O3/c21-12-10-19(15-6-2-1-3-7-15)14-18(22)20-11-13-23-17-9-5-4-8-16(17)20/h1-3,6-7,16-17,21H,4-5,8-14H2. The molecule has 2 atom stereocenters. The molecule has 1 aliphatic heterocycles. The summed E-state index contributed by atoms with van der Waals surface area (Å²) in [6.07, 6.45) is 4.69. The van der Waals surface area contributed by atoms with Crippen molar-refractivity contribution in [1.29, 1.82) is 0 Å². The fourth-order valence-electron chi connectivity index (χ4n) is 3.72. The molecule has 1 aliphatic carbocycles. The average Bonchev–Trinajstić information content (AvgIpc) is 2.61. The van der Waals surface area contributed by atoms with Gasteiger partial charge in [0.1, 0.15) is 0 Å². The third-order valence-corrected chi connectivity index (χ3v) is 4.87. The van der Waals surface area contributed by atoms with E-state index in [1.807, 2.05) is 40.1 Å². The molecule has 1 saturated carbocycles. The summed E-state index contributed by atoms with van der Waals surface area (Å²) in [6, 6.07) is 10.1. The van der Waals surface area contributed by atoms with Gasteiger partial charge in [0, 0.05) is 18.8 Å². The van der Waals surface area contributed by atoms with Gasteiger partial charge in [-0.2, -0.15) is 0 Å². The van der Waals surface area contributed by atoms with Crippen LogP contribution in [0.3, 0.4) is 0 Å². The van der Waals surface area contributed by atoms with Crippen LogP contribution >= 0.6 is 0 Å². The number of anilines is 1. The number of hydrogen-bond donors (Lipinski definition) is 1. The molecule has 126 valence electrons. The number of benzene rings is 1. The molecule has 2 fully saturated rings. The Bertz CT molecular complexity index is 506. The number of amides is 1.